The van der Waals surface area contributed by atoms with Crippen LogP contribution in [0.1, 0.15) is 11.4 Å². The summed E-state index contributed by atoms with van der Waals surface area (Å²) in [6.07, 6.45) is 0. The standard InChI is InChI=1S/C15H20ClN5O2S/c1-11-5-4-6-13(17-11)20-7-9-21(10-8-20)24(22,23)14-12(2)18-19(3)15(14)16/h4-6H,7-10H2,1-3H3. The fourth-order valence-corrected chi connectivity index (χ4v) is 5.02. The van der Waals surface area contributed by atoms with E-state index in [0.29, 0.717) is 31.9 Å². The summed E-state index contributed by atoms with van der Waals surface area (Å²) in [5.41, 5.74) is 1.37. The molecule has 3 heterocycles. The molecule has 130 valence electrons. The van der Waals surface area contributed by atoms with Crippen molar-refractivity contribution in [2.75, 3.05) is 31.1 Å². The number of anilines is 1. The van der Waals surface area contributed by atoms with Gasteiger partial charge in [0, 0.05) is 38.9 Å². The van der Waals surface area contributed by atoms with Crippen molar-refractivity contribution in [2.45, 2.75) is 18.7 Å². The maximum Gasteiger partial charge on any atom is 0.248 e. The van der Waals surface area contributed by atoms with Crippen LogP contribution in [0.25, 0.3) is 0 Å². The smallest absolute Gasteiger partial charge is 0.248 e. The molecule has 1 saturated heterocycles. The summed E-state index contributed by atoms with van der Waals surface area (Å²) in [5, 5.41) is 4.25. The lowest BCUT2D eigenvalue weighted by Gasteiger charge is -2.34. The molecule has 0 saturated carbocycles. The van der Waals surface area contributed by atoms with Gasteiger partial charge in [-0.2, -0.15) is 9.40 Å². The third-order valence-electron chi connectivity index (χ3n) is 4.13. The second kappa shape index (κ2) is 6.34. The second-order valence-electron chi connectivity index (χ2n) is 5.86. The van der Waals surface area contributed by atoms with E-state index >= 15 is 0 Å². The van der Waals surface area contributed by atoms with Crippen molar-refractivity contribution in [3.05, 3.63) is 34.7 Å². The number of hydrogen-bond donors (Lipinski definition) is 0. The van der Waals surface area contributed by atoms with E-state index in [1.54, 1.807) is 14.0 Å². The summed E-state index contributed by atoms with van der Waals surface area (Å²) in [6.45, 7) is 5.56. The summed E-state index contributed by atoms with van der Waals surface area (Å²) in [5.74, 6) is 0.877. The van der Waals surface area contributed by atoms with Gasteiger partial charge in [0.05, 0.1) is 5.69 Å². The first kappa shape index (κ1) is 17.2. The minimum Gasteiger partial charge on any atom is -0.354 e. The van der Waals surface area contributed by atoms with Crippen LogP contribution in [0.3, 0.4) is 0 Å². The highest BCUT2D eigenvalue weighted by atomic mass is 35.5. The van der Waals surface area contributed by atoms with Gasteiger partial charge in [0.15, 0.2) is 0 Å². The van der Waals surface area contributed by atoms with E-state index in [0.717, 1.165) is 11.5 Å². The van der Waals surface area contributed by atoms with Crippen LogP contribution in [0.2, 0.25) is 5.15 Å². The average molecular weight is 370 g/mol. The molecule has 24 heavy (non-hydrogen) atoms. The Labute approximate surface area is 146 Å². The Morgan fingerprint density at radius 1 is 1.12 bits per heavy atom. The molecule has 3 rings (SSSR count). The number of hydrogen-bond acceptors (Lipinski definition) is 5. The van der Waals surface area contributed by atoms with Gasteiger partial charge in [-0.3, -0.25) is 4.68 Å². The zero-order valence-electron chi connectivity index (χ0n) is 13.9. The normalized spacial score (nSPS) is 16.6. The largest absolute Gasteiger partial charge is 0.354 e. The van der Waals surface area contributed by atoms with E-state index in [1.165, 1.54) is 8.99 Å². The molecule has 0 unspecified atom stereocenters. The number of halogens is 1. The summed E-state index contributed by atoms with van der Waals surface area (Å²) >= 11 is 6.13. The van der Waals surface area contributed by atoms with E-state index in [4.69, 9.17) is 11.6 Å². The van der Waals surface area contributed by atoms with Crippen molar-refractivity contribution in [1.29, 1.82) is 0 Å². The lowest BCUT2D eigenvalue weighted by Crippen LogP contribution is -2.49. The lowest BCUT2D eigenvalue weighted by atomic mass is 10.3. The molecule has 2 aromatic rings. The van der Waals surface area contributed by atoms with Gasteiger partial charge in [-0.1, -0.05) is 17.7 Å². The van der Waals surface area contributed by atoms with Gasteiger partial charge in [-0.15, -0.1) is 0 Å². The molecule has 0 bridgehead atoms. The monoisotopic (exact) mass is 369 g/mol. The third kappa shape index (κ3) is 3.01. The number of aryl methyl sites for hydroxylation is 3. The molecular formula is C15H20ClN5O2S. The Balaban J connectivity index is 1.79. The van der Waals surface area contributed by atoms with E-state index < -0.39 is 10.0 Å². The van der Waals surface area contributed by atoms with Crippen molar-refractivity contribution < 1.29 is 8.42 Å². The van der Waals surface area contributed by atoms with Crippen molar-refractivity contribution >= 4 is 27.4 Å². The molecular weight excluding hydrogens is 350 g/mol. The molecule has 0 radical (unpaired) electrons. The number of nitrogens with zero attached hydrogens (tertiary/aromatic N) is 5. The highest BCUT2D eigenvalue weighted by Crippen LogP contribution is 2.28. The minimum absolute atomic E-state index is 0.105. The van der Waals surface area contributed by atoms with Crippen LogP contribution in [0.15, 0.2) is 23.1 Å². The molecule has 0 aromatic carbocycles. The van der Waals surface area contributed by atoms with Gasteiger partial charge < -0.3 is 4.90 Å². The van der Waals surface area contributed by atoms with Crippen LogP contribution in [0.4, 0.5) is 5.82 Å². The Bertz CT molecular complexity index is 857. The van der Waals surface area contributed by atoms with Crippen molar-refractivity contribution in [1.82, 2.24) is 19.1 Å². The van der Waals surface area contributed by atoms with E-state index in [1.807, 2.05) is 25.1 Å². The van der Waals surface area contributed by atoms with Gasteiger partial charge in [0.25, 0.3) is 0 Å². The zero-order chi connectivity index (χ0) is 17.5. The first-order valence-electron chi connectivity index (χ1n) is 7.68. The predicted molar refractivity (Wildman–Crippen MR) is 92.9 cm³/mol. The molecule has 0 spiro atoms. The molecule has 2 aromatic heterocycles. The number of rotatable bonds is 3. The highest BCUT2D eigenvalue weighted by Gasteiger charge is 2.33. The molecule has 7 nitrogen and oxygen atoms in total. The van der Waals surface area contributed by atoms with Crippen molar-refractivity contribution in [3.8, 4) is 0 Å². The van der Waals surface area contributed by atoms with Gasteiger partial charge in [0.2, 0.25) is 10.0 Å². The molecule has 0 atom stereocenters. The quantitative estimate of drug-likeness (QED) is 0.821. The summed E-state index contributed by atoms with van der Waals surface area (Å²) in [7, 11) is -2.01. The minimum atomic E-state index is -3.65. The maximum absolute atomic E-state index is 12.9. The Morgan fingerprint density at radius 2 is 1.79 bits per heavy atom. The summed E-state index contributed by atoms with van der Waals surface area (Å²) in [6, 6.07) is 5.84. The Morgan fingerprint density at radius 3 is 2.33 bits per heavy atom. The molecule has 1 aliphatic rings. The SMILES string of the molecule is Cc1cccc(N2CCN(S(=O)(=O)c3c(C)nn(C)c3Cl)CC2)n1. The van der Waals surface area contributed by atoms with Crippen LogP contribution in [0.5, 0.6) is 0 Å². The molecule has 1 aliphatic heterocycles. The Kier molecular flexibility index (Phi) is 4.54. The number of pyridine rings is 1. The van der Waals surface area contributed by atoms with Gasteiger partial charge in [-0.25, -0.2) is 13.4 Å². The van der Waals surface area contributed by atoms with Crippen molar-refractivity contribution in [2.24, 2.45) is 7.05 Å². The van der Waals surface area contributed by atoms with Gasteiger partial charge in [0.1, 0.15) is 15.9 Å². The first-order valence-corrected chi connectivity index (χ1v) is 9.50. The summed E-state index contributed by atoms with van der Waals surface area (Å²) in [4.78, 5) is 6.70. The van der Waals surface area contributed by atoms with E-state index in [-0.39, 0.29) is 10.0 Å². The number of piperazine rings is 1. The zero-order valence-corrected chi connectivity index (χ0v) is 15.5. The fourth-order valence-electron chi connectivity index (χ4n) is 2.90. The number of aromatic nitrogens is 3. The molecule has 1 fully saturated rings. The molecule has 9 heteroatoms. The van der Waals surface area contributed by atoms with Crippen LogP contribution in [-0.4, -0.2) is 53.7 Å². The Hall–Kier alpha value is -1.64. The van der Waals surface area contributed by atoms with Crippen molar-refractivity contribution in [3.63, 3.8) is 0 Å². The van der Waals surface area contributed by atoms with Crippen LogP contribution in [-0.2, 0) is 17.1 Å². The van der Waals surface area contributed by atoms with Gasteiger partial charge >= 0.3 is 0 Å². The van der Waals surface area contributed by atoms with E-state index in [9.17, 15) is 8.42 Å². The molecule has 0 N–H and O–H groups in total. The first-order chi connectivity index (χ1) is 11.3. The molecule has 0 aliphatic carbocycles. The third-order valence-corrected chi connectivity index (χ3v) is 6.73. The summed E-state index contributed by atoms with van der Waals surface area (Å²) < 4.78 is 28.6. The fraction of sp³-hybridized carbons (Fsp3) is 0.467. The highest BCUT2D eigenvalue weighted by molar-refractivity contribution is 7.89. The predicted octanol–water partition coefficient (Wildman–Crippen LogP) is 1.60. The van der Waals surface area contributed by atoms with Crippen LogP contribution < -0.4 is 4.90 Å². The van der Waals surface area contributed by atoms with Crippen LogP contribution in [0, 0.1) is 13.8 Å². The average Bonchev–Trinajstić information content (AvgIpc) is 2.80. The molecule has 0 amide bonds. The van der Waals surface area contributed by atoms with Crippen LogP contribution >= 0.6 is 11.6 Å². The van der Waals surface area contributed by atoms with Gasteiger partial charge in [-0.05, 0) is 26.0 Å². The second-order valence-corrected chi connectivity index (χ2v) is 8.09. The number of sulfonamides is 1. The topological polar surface area (TPSA) is 71.3 Å². The maximum atomic E-state index is 12.9. The van der Waals surface area contributed by atoms with E-state index in [2.05, 4.69) is 15.0 Å². The lowest BCUT2D eigenvalue weighted by molar-refractivity contribution is 0.383.